The standard InChI is InChI=1S/C21H22F2N4O4S/c1-13-7-5-6-8-16(13)20-24-19(31-25-20)12-26(3)21(28)14(2)27(32(4,29)30)15-9-10-17(22)18(23)11-15/h5-11,14H,12H2,1-4H3/t14-/m1/s1. The summed E-state index contributed by atoms with van der Waals surface area (Å²) in [4.78, 5) is 18.5. The lowest BCUT2D eigenvalue weighted by Gasteiger charge is -2.30. The van der Waals surface area contributed by atoms with Crippen LogP contribution < -0.4 is 4.31 Å². The van der Waals surface area contributed by atoms with Gasteiger partial charge in [-0.1, -0.05) is 29.4 Å². The summed E-state index contributed by atoms with van der Waals surface area (Å²) >= 11 is 0. The molecule has 1 amide bonds. The van der Waals surface area contributed by atoms with Gasteiger partial charge in [0.05, 0.1) is 18.5 Å². The van der Waals surface area contributed by atoms with Crippen LogP contribution in [-0.4, -0.2) is 48.7 Å². The summed E-state index contributed by atoms with van der Waals surface area (Å²) in [5.74, 6) is -2.43. The summed E-state index contributed by atoms with van der Waals surface area (Å²) in [6.45, 7) is 3.19. The van der Waals surface area contributed by atoms with Gasteiger partial charge >= 0.3 is 0 Å². The topological polar surface area (TPSA) is 96.6 Å². The van der Waals surface area contributed by atoms with Crippen LogP contribution in [0.3, 0.4) is 0 Å². The number of benzene rings is 2. The monoisotopic (exact) mass is 464 g/mol. The Morgan fingerprint density at radius 1 is 1.16 bits per heavy atom. The molecule has 0 spiro atoms. The Bertz CT molecular complexity index is 1250. The second-order valence-electron chi connectivity index (χ2n) is 7.35. The number of nitrogens with zero attached hydrogens (tertiary/aromatic N) is 4. The van der Waals surface area contributed by atoms with Gasteiger partial charge < -0.3 is 9.42 Å². The molecule has 1 heterocycles. The second-order valence-corrected chi connectivity index (χ2v) is 9.21. The Hall–Kier alpha value is -3.34. The number of hydrogen-bond acceptors (Lipinski definition) is 6. The van der Waals surface area contributed by atoms with Crippen molar-refractivity contribution in [2.24, 2.45) is 0 Å². The van der Waals surface area contributed by atoms with Crippen LogP contribution in [0.25, 0.3) is 11.4 Å². The number of anilines is 1. The summed E-state index contributed by atoms with van der Waals surface area (Å²) < 4.78 is 57.7. The van der Waals surface area contributed by atoms with Gasteiger partial charge in [-0.3, -0.25) is 9.10 Å². The number of hydrogen-bond donors (Lipinski definition) is 0. The van der Waals surface area contributed by atoms with Crippen molar-refractivity contribution in [3.8, 4) is 11.4 Å². The van der Waals surface area contributed by atoms with Crippen molar-refractivity contribution < 1.29 is 26.5 Å². The normalized spacial score (nSPS) is 12.4. The first kappa shape index (κ1) is 23.3. The molecule has 0 bridgehead atoms. The number of halogens is 2. The molecule has 0 saturated heterocycles. The van der Waals surface area contributed by atoms with Gasteiger partial charge in [0.15, 0.2) is 11.6 Å². The van der Waals surface area contributed by atoms with Crippen LogP contribution >= 0.6 is 0 Å². The molecule has 1 atom stereocenters. The third-order valence-corrected chi connectivity index (χ3v) is 6.07. The Balaban J connectivity index is 1.81. The highest BCUT2D eigenvalue weighted by Gasteiger charge is 2.32. The number of carbonyl (C=O) groups excluding carboxylic acids is 1. The lowest BCUT2D eigenvalue weighted by molar-refractivity contribution is -0.131. The van der Waals surface area contributed by atoms with Gasteiger partial charge in [-0.2, -0.15) is 4.98 Å². The zero-order valence-corrected chi connectivity index (χ0v) is 18.7. The van der Waals surface area contributed by atoms with E-state index in [1.807, 2.05) is 31.2 Å². The minimum absolute atomic E-state index is 0.0720. The van der Waals surface area contributed by atoms with Gasteiger partial charge in [0.25, 0.3) is 0 Å². The lowest BCUT2D eigenvalue weighted by Crippen LogP contribution is -2.48. The SMILES string of the molecule is Cc1ccccc1-c1noc(CN(C)C(=O)[C@@H](C)N(c2ccc(F)c(F)c2)S(C)(=O)=O)n1. The largest absolute Gasteiger partial charge is 0.337 e. The van der Waals surface area contributed by atoms with Gasteiger partial charge in [-0.05, 0) is 31.5 Å². The summed E-state index contributed by atoms with van der Waals surface area (Å²) in [5.41, 5.74) is 1.57. The zero-order chi connectivity index (χ0) is 23.6. The molecular weight excluding hydrogens is 442 g/mol. The summed E-state index contributed by atoms with van der Waals surface area (Å²) in [5, 5.41) is 3.94. The quantitative estimate of drug-likeness (QED) is 0.533. The van der Waals surface area contributed by atoms with Gasteiger partial charge in [0, 0.05) is 18.7 Å². The van der Waals surface area contributed by atoms with Crippen molar-refractivity contribution >= 4 is 21.6 Å². The molecule has 1 aromatic heterocycles. The van der Waals surface area contributed by atoms with Gasteiger partial charge in [-0.15, -0.1) is 0 Å². The number of sulfonamides is 1. The maximum Gasteiger partial charge on any atom is 0.246 e. The minimum atomic E-state index is -3.99. The van der Waals surface area contributed by atoms with Crippen molar-refractivity contribution in [2.75, 3.05) is 17.6 Å². The second kappa shape index (κ2) is 9.03. The Morgan fingerprint density at radius 2 is 1.84 bits per heavy atom. The fourth-order valence-electron chi connectivity index (χ4n) is 3.28. The maximum atomic E-state index is 13.7. The molecule has 2 aromatic carbocycles. The number of aryl methyl sites for hydroxylation is 1. The van der Waals surface area contributed by atoms with Crippen LogP contribution in [0.5, 0.6) is 0 Å². The van der Waals surface area contributed by atoms with Gasteiger partial charge in [-0.25, -0.2) is 17.2 Å². The third-order valence-electron chi connectivity index (χ3n) is 4.83. The van der Waals surface area contributed by atoms with E-state index < -0.39 is 33.6 Å². The third kappa shape index (κ3) is 4.93. The van der Waals surface area contributed by atoms with Crippen LogP contribution in [0.15, 0.2) is 47.0 Å². The number of rotatable bonds is 7. The summed E-state index contributed by atoms with van der Waals surface area (Å²) in [7, 11) is -2.54. The number of amides is 1. The van der Waals surface area contributed by atoms with E-state index >= 15 is 0 Å². The molecule has 0 unspecified atom stereocenters. The van der Waals surface area contributed by atoms with Crippen molar-refractivity contribution in [1.82, 2.24) is 15.0 Å². The van der Waals surface area contributed by atoms with Crippen LogP contribution in [0.2, 0.25) is 0 Å². The molecule has 0 aliphatic heterocycles. The molecule has 0 aliphatic carbocycles. The zero-order valence-electron chi connectivity index (χ0n) is 17.9. The molecule has 0 radical (unpaired) electrons. The van der Waals surface area contributed by atoms with Crippen molar-refractivity contribution in [2.45, 2.75) is 26.4 Å². The fraction of sp³-hybridized carbons (Fsp3) is 0.286. The van der Waals surface area contributed by atoms with E-state index in [0.717, 1.165) is 39.9 Å². The number of carbonyl (C=O) groups is 1. The molecule has 11 heteroatoms. The highest BCUT2D eigenvalue weighted by Crippen LogP contribution is 2.24. The average Bonchev–Trinajstić information content (AvgIpc) is 3.17. The molecule has 170 valence electrons. The summed E-state index contributed by atoms with van der Waals surface area (Å²) in [6.07, 6.45) is 0.879. The van der Waals surface area contributed by atoms with Gasteiger partial charge in [0.1, 0.15) is 6.04 Å². The van der Waals surface area contributed by atoms with Crippen LogP contribution in [0.4, 0.5) is 14.5 Å². The predicted octanol–water partition coefficient (Wildman–Crippen LogP) is 3.14. The Labute approximate surface area is 184 Å². The molecule has 0 N–H and O–H groups in total. The molecule has 32 heavy (non-hydrogen) atoms. The molecular formula is C21H22F2N4O4S. The summed E-state index contributed by atoms with van der Waals surface area (Å²) in [6, 6.07) is 8.85. The smallest absolute Gasteiger partial charge is 0.246 e. The average molecular weight is 464 g/mol. The van der Waals surface area contributed by atoms with Crippen molar-refractivity contribution in [1.29, 1.82) is 0 Å². The number of aromatic nitrogens is 2. The molecule has 8 nitrogen and oxygen atoms in total. The van der Waals surface area contributed by atoms with E-state index in [0.29, 0.717) is 5.82 Å². The highest BCUT2D eigenvalue weighted by molar-refractivity contribution is 7.92. The Kier molecular flexibility index (Phi) is 6.58. The highest BCUT2D eigenvalue weighted by atomic mass is 32.2. The molecule has 0 aliphatic rings. The van der Waals surface area contributed by atoms with Crippen molar-refractivity contribution in [3.63, 3.8) is 0 Å². The van der Waals surface area contributed by atoms with E-state index in [1.165, 1.54) is 18.9 Å². The predicted molar refractivity (Wildman–Crippen MR) is 114 cm³/mol. The first-order valence-corrected chi connectivity index (χ1v) is 11.4. The van der Waals surface area contributed by atoms with E-state index in [2.05, 4.69) is 10.1 Å². The van der Waals surface area contributed by atoms with E-state index in [-0.39, 0.29) is 18.1 Å². The van der Waals surface area contributed by atoms with E-state index in [9.17, 15) is 22.0 Å². The van der Waals surface area contributed by atoms with Crippen LogP contribution in [0, 0.1) is 18.6 Å². The van der Waals surface area contributed by atoms with Crippen molar-refractivity contribution in [3.05, 3.63) is 65.6 Å². The molecule has 0 fully saturated rings. The van der Waals surface area contributed by atoms with Gasteiger partial charge in [0.2, 0.25) is 27.6 Å². The van der Waals surface area contributed by atoms with Crippen LogP contribution in [-0.2, 0) is 21.4 Å². The first-order valence-electron chi connectivity index (χ1n) is 9.57. The fourth-order valence-corrected chi connectivity index (χ4v) is 4.44. The van der Waals surface area contributed by atoms with E-state index in [1.54, 1.807) is 0 Å². The molecule has 0 saturated carbocycles. The molecule has 3 aromatic rings. The maximum absolute atomic E-state index is 13.7. The Morgan fingerprint density at radius 3 is 2.47 bits per heavy atom. The van der Waals surface area contributed by atoms with Crippen LogP contribution in [0.1, 0.15) is 18.4 Å². The first-order chi connectivity index (χ1) is 15.0. The lowest BCUT2D eigenvalue weighted by atomic mass is 10.1. The van der Waals surface area contributed by atoms with E-state index in [4.69, 9.17) is 4.52 Å². The minimum Gasteiger partial charge on any atom is -0.337 e. The number of likely N-dealkylation sites (N-methyl/N-ethyl adjacent to an activating group) is 1. The molecule has 3 rings (SSSR count).